The second-order valence-corrected chi connectivity index (χ2v) is 5.79. The zero-order valence-corrected chi connectivity index (χ0v) is 13.1. The Hall–Kier alpha value is -1.11. The lowest BCUT2D eigenvalue weighted by atomic mass is 10.2. The summed E-state index contributed by atoms with van der Waals surface area (Å²) in [6.07, 6.45) is 0.842. The molecule has 0 radical (unpaired) electrons. The number of carbonyl (C=O) groups excluding carboxylic acids is 2. The SMILES string of the molecule is CC(=O)N1CCCN(C(=O)c2ccccc2I)CC1. The summed E-state index contributed by atoms with van der Waals surface area (Å²) >= 11 is 2.18. The standard InChI is InChI=1S/C14H17IN2O2/c1-11(18)16-7-4-8-17(10-9-16)14(19)12-5-2-3-6-13(12)15/h2-3,5-6H,4,7-10H2,1H3. The number of nitrogens with zero attached hydrogens (tertiary/aromatic N) is 2. The van der Waals surface area contributed by atoms with Gasteiger partial charge in [-0.25, -0.2) is 0 Å². The van der Waals surface area contributed by atoms with Crippen molar-refractivity contribution >= 4 is 34.4 Å². The highest BCUT2D eigenvalue weighted by molar-refractivity contribution is 14.1. The number of hydrogen-bond donors (Lipinski definition) is 0. The fraction of sp³-hybridized carbons (Fsp3) is 0.429. The molecule has 0 spiro atoms. The highest BCUT2D eigenvalue weighted by atomic mass is 127. The van der Waals surface area contributed by atoms with Crippen LogP contribution in [-0.4, -0.2) is 47.8 Å². The molecule has 19 heavy (non-hydrogen) atoms. The van der Waals surface area contributed by atoms with Gasteiger partial charge < -0.3 is 9.80 Å². The molecule has 1 heterocycles. The Morgan fingerprint density at radius 2 is 1.68 bits per heavy atom. The number of benzene rings is 1. The fourth-order valence-corrected chi connectivity index (χ4v) is 2.86. The molecule has 1 aromatic carbocycles. The van der Waals surface area contributed by atoms with E-state index < -0.39 is 0 Å². The third kappa shape index (κ3) is 3.46. The van der Waals surface area contributed by atoms with Gasteiger partial charge in [0.15, 0.2) is 0 Å². The van der Waals surface area contributed by atoms with Crippen molar-refractivity contribution in [1.29, 1.82) is 0 Å². The fourth-order valence-electron chi connectivity index (χ4n) is 2.24. The molecular weight excluding hydrogens is 355 g/mol. The molecule has 0 aromatic heterocycles. The van der Waals surface area contributed by atoms with E-state index in [9.17, 15) is 9.59 Å². The molecule has 2 amide bonds. The molecule has 1 saturated heterocycles. The Balaban J connectivity index is 2.08. The van der Waals surface area contributed by atoms with E-state index in [0.29, 0.717) is 19.6 Å². The van der Waals surface area contributed by atoms with Gasteiger partial charge in [0.1, 0.15) is 0 Å². The van der Waals surface area contributed by atoms with Crippen LogP contribution >= 0.6 is 22.6 Å². The Bertz CT molecular complexity index is 490. The molecule has 2 rings (SSSR count). The van der Waals surface area contributed by atoms with E-state index in [2.05, 4.69) is 22.6 Å². The predicted molar refractivity (Wildman–Crippen MR) is 81.9 cm³/mol. The van der Waals surface area contributed by atoms with Crippen LogP contribution in [0.1, 0.15) is 23.7 Å². The maximum atomic E-state index is 12.5. The molecule has 4 nitrogen and oxygen atoms in total. The smallest absolute Gasteiger partial charge is 0.254 e. The minimum Gasteiger partial charge on any atom is -0.341 e. The van der Waals surface area contributed by atoms with Gasteiger partial charge in [0.2, 0.25) is 5.91 Å². The van der Waals surface area contributed by atoms with Crippen LogP contribution in [0.2, 0.25) is 0 Å². The number of hydrogen-bond acceptors (Lipinski definition) is 2. The van der Waals surface area contributed by atoms with E-state index in [4.69, 9.17) is 0 Å². The quantitative estimate of drug-likeness (QED) is 0.708. The topological polar surface area (TPSA) is 40.6 Å². The van der Waals surface area contributed by atoms with E-state index >= 15 is 0 Å². The van der Waals surface area contributed by atoms with Gasteiger partial charge in [-0.1, -0.05) is 12.1 Å². The van der Waals surface area contributed by atoms with Crippen molar-refractivity contribution in [3.63, 3.8) is 0 Å². The number of carbonyl (C=O) groups is 2. The van der Waals surface area contributed by atoms with Crippen LogP contribution in [0.4, 0.5) is 0 Å². The Kier molecular flexibility index (Phi) is 4.79. The molecule has 0 aliphatic carbocycles. The van der Waals surface area contributed by atoms with Gasteiger partial charge in [-0.2, -0.15) is 0 Å². The van der Waals surface area contributed by atoms with E-state index in [0.717, 1.165) is 22.1 Å². The van der Waals surface area contributed by atoms with Crippen LogP contribution < -0.4 is 0 Å². The molecule has 1 aromatic rings. The van der Waals surface area contributed by atoms with Gasteiger partial charge in [-0.05, 0) is 41.1 Å². The maximum Gasteiger partial charge on any atom is 0.254 e. The van der Waals surface area contributed by atoms with Gasteiger partial charge >= 0.3 is 0 Å². The monoisotopic (exact) mass is 372 g/mol. The summed E-state index contributed by atoms with van der Waals surface area (Å²) in [6.45, 7) is 4.28. The van der Waals surface area contributed by atoms with Crippen LogP contribution in [0.3, 0.4) is 0 Å². The van der Waals surface area contributed by atoms with E-state index in [1.165, 1.54) is 0 Å². The summed E-state index contributed by atoms with van der Waals surface area (Å²) in [4.78, 5) is 27.5. The first-order chi connectivity index (χ1) is 9.09. The van der Waals surface area contributed by atoms with Crippen LogP contribution in [-0.2, 0) is 4.79 Å². The average molecular weight is 372 g/mol. The summed E-state index contributed by atoms with van der Waals surface area (Å²) < 4.78 is 0.970. The molecule has 0 bridgehead atoms. The molecule has 5 heteroatoms. The minimum atomic E-state index is 0.0652. The highest BCUT2D eigenvalue weighted by Gasteiger charge is 2.22. The molecule has 0 N–H and O–H groups in total. The predicted octanol–water partition coefficient (Wildman–Crippen LogP) is 1.99. The first-order valence-electron chi connectivity index (χ1n) is 6.39. The number of halogens is 1. The molecule has 1 fully saturated rings. The lowest BCUT2D eigenvalue weighted by molar-refractivity contribution is -0.128. The summed E-state index contributed by atoms with van der Waals surface area (Å²) in [5.41, 5.74) is 0.749. The van der Waals surface area contributed by atoms with Crippen molar-refractivity contribution < 1.29 is 9.59 Å². The first kappa shape index (κ1) is 14.3. The van der Waals surface area contributed by atoms with Gasteiger partial charge in [-0.3, -0.25) is 9.59 Å². The molecule has 0 saturated carbocycles. The molecule has 102 valence electrons. The van der Waals surface area contributed by atoms with Crippen molar-refractivity contribution in [2.24, 2.45) is 0 Å². The molecular formula is C14H17IN2O2. The van der Waals surface area contributed by atoms with Gasteiger partial charge in [0.25, 0.3) is 5.91 Å². The summed E-state index contributed by atoms with van der Waals surface area (Å²) in [5.74, 6) is 0.152. The van der Waals surface area contributed by atoms with Crippen molar-refractivity contribution in [2.75, 3.05) is 26.2 Å². The molecule has 1 aliphatic rings. The normalized spacial score (nSPS) is 16.1. The Labute approximate surface area is 126 Å². The van der Waals surface area contributed by atoms with E-state index in [1.54, 1.807) is 6.92 Å². The lowest BCUT2D eigenvalue weighted by Crippen LogP contribution is -2.36. The van der Waals surface area contributed by atoms with Crippen molar-refractivity contribution in [1.82, 2.24) is 9.80 Å². The van der Waals surface area contributed by atoms with Crippen LogP contribution in [0.15, 0.2) is 24.3 Å². The number of amides is 2. The van der Waals surface area contributed by atoms with E-state index in [1.807, 2.05) is 34.1 Å². The first-order valence-corrected chi connectivity index (χ1v) is 7.47. The van der Waals surface area contributed by atoms with Crippen LogP contribution in [0.25, 0.3) is 0 Å². The third-order valence-electron chi connectivity index (χ3n) is 3.33. The minimum absolute atomic E-state index is 0.0652. The average Bonchev–Trinajstić information content (AvgIpc) is 2.64. The largest absolute Gasteiger partial charge is 0.341 e. The van der Waals surface area contributed by atoms with Gasteiger partial charge in [-0.15, -0.1) is 0 Å². The highest BCUT2D eigenvalue weighted by Crippen LogP contribution is 2.15. The second-order valence-electron chi connectivity index (χ2n) is 4.63. The van der Waals surface area contributed by atoms with Gasteiger partial charge in [0.05, 0.1) is 5.56 Å². The summed E-state index contributed by atoms with van der Waals surface area (Å²) in [6, 6.07) is 7.61. The number of rotatable bonds is 1. The Morgan fingerprint density at radius 3 is 2.37 bits per heavy atom. The molecule has 1 aliphatic heterocycles. The van der Waals surface area contributed by atoms with Gasteiger partial charge in [0, 0.05) is 36.7 Å². The van der Waals surface area contributed by atoms with Crippen LogP contribution in [0.5, 0.6) is 0 Å². The zero-order valence-electron chi connectivity index (χ0n) is 10.9. The Morgan fingerprint density at radius 1 is 1.05 bits per heavy atom. The molecule has 0 unspecified atom stereocenters. The zero-order chi connectivity index (χ0) is 13.8. The second kappa shape index (κ2) is 6.36. The lowest BCUT2D eigenvalue weighted by Gasteiger charge is -2.21. The van der Waals surface area contributed by atoms with E-state index in [-0.39, 0.29) is 11.8 Å². The van der Waals surface area contributed by atoms with Crippen LogP contribution in [0, 0.1) is 3.57 Å². The third-order valence-corrected chi connectivity index (χ3v) is 4.27. The van der Waals surface area contributed by atoms with Crippen molar-refractivity contribution in [3.05, 3.63) is 33.4 Å². The summed E-state index contributed by atoms with van der Waals surface area (Å²) in [7, 11) is 0. The van der Waals surface area contributed by atoms with Crippen molar-refractivity contribution in [2.45, 2.75) is 13.3 Å². The summed E-state index contributed by atoms with van der Waals surface area (Å²) in [5, 5.41) is 0. The van der Waals surface area contributed by atoms with Crippen molar-refractivity contribution in [3.8, 4) is 0 Å². The molecule has 0 atom stereocenters. The maximum absolute atomic E-state index is 12.5.